The number of esters is 1. The Kier molecular flexibility index (Phi) is 14.7. The molecule has 0 unspecified atom stereocenters. The van der Waals surface area contributed by atoms with Gasteiger partial charge in [0, 0.05) is 36.2 Å². The number of methoxy groups -OCH3 is 1. The van der Waals surface area contributed by atoms with Crippen LogP contribution >= 0.6 is 23.2 Å². The van der Waals surface area contributed by atoms with Gasteiger partial charge in [0.15, 0.2) is 5.69 Å². The molecule has 4 heterocycles. The van der Waals surface area contributed by atoms with E-state index in [1.807, 2.05) is 15.2 Å². The first kappa shape index (κ1) is 32.2. The molecule has 16 heteroatoms. The van der Waals surface area contributed by atoms with Crippen molar-refractivity contribution in [3.8, 4) is 0 Å². The Morgan fingerprint density at radius 1 is 0.865 bits per heavy atom. The third-order valence-electron chi connectivity index (χ3n) is 4.98. The molecular formula is C21H32Cl2N8O6. The third-order valence-corrected chi connectivity index (χ3v) is 5.42. The summed E-state index contributed by atoms with van der Waals surface area (Å²) in [4.78, 5) is 35.3. The van der Waals surface area contributed by atoms with Gasteiger partial charge in [0.25, 0.3) is 5.91 Å². The van der Waals surface area contributed by atoms with Gasteiger partial charge in [0.2, 0.25) is 0 Å². The summed E-state index contributed by atoms with van der Waals surface area (Å²) in [5, 5.41) is 0.932. The van der Waals surface area contributed by atoms with E-state index in [1.54, 1.807) is 12.1 Å². The molecule has 9 N–H and O–H groups in total. The molecule has 0 aromatic carbocycles. The fourth-order valence-corrected chi connectivity index (χ4v) is 3.68. The van der Waals surface area contributed by atoms with E-state index in [2.05, 4.69) is 26.4 Å². The van der Waals surface area contributed by atoms with E-state index in [0.717, 1.165) is 26.2 Å². The van der Waals surface area contributed by atoms with Crippen molar-refractivity contribution in [3.63, 3.8) is 0 Å². The number of nitrogens with one attached hydrogen (secondary N) is 1. The number of carbonyl (C=O) groups excluding carboxylic acids is 2. The van der Waals surface area contributed by atoms with Crippen LogP contribution in [0.15, 0.2) is 24.3 Å². The molecule has 1 amide bonds. The van der Waals surface area contributed by atoms with Crippen molar-refractivity contribution < 1.29 is 29.3 Å². The summed E-state index contributed by atoms with van der Waals surface area (Å²) in [5.41, 5.74) is 2.47. The number of morpholine rings is 2. The average molecular weight is 563 g/mol. The Morgan fingerprint density at radius 2 is 1.27 bits per heavy atom. The highest BCUT2D eigenvalue weighted by Crippen LogP contribution is 2.21. The zero-order valence-electron chi connectivity index (χ0n) is 20.3. The van der Waals surface area contributed by atoms with Crippen LogP contribution in [0.2, 0.25) is 10.0 Å². The maximum atomic E-state index is 11.4. The summed E-state index contributed by atoms with van der Waals surface area (Å²) in [6.07, 6.45) is 0. The highest BCUT2D eigenvalue weighted by atomic mass is 35.5. The second-order valence-corrected chi connectivity index (χ2v) is 8.09. The lowest BCUT2D eigenvalue weighted by atomic mass is 10.3. The minimum atomic E-state index is -0.484. The molecule has 0 atom stereocenters. The van der Waals surface area contributed by atoms with Gasteiger partial charge < -0.3 is 29.5 Å². The van der Waals surface area contributed by atoms with E-state index >= 15 is 0 Å². The number of rotatable bonds is 4. The van der Waals surface area contributed by atoms with E-state index in [-0.39, 0.29) is 16.9 Å². The topological polar surface area (TPSA) is 216 Å². The third kappa shape index (κ3) is 9.87. The molecule has 2 saturated heterocycles. The van der Waals surface area contributed by atoms with Crippen LogP contribution < -0.4 is 32.8 Å². The first-order chi connectivity index (χ1) is 17.4. The zero-order valence-corrected chi connectivity index (χ0v) is 21.8. The quantitative estimate of drug-likeness (QED) is 0.161. The second-order valence-electron chi connectivity index (χ2n) is 7.22. The molecule has 2 aromatic rings. The predicted molar refractivity (Wildman–Crippen MR) is 140 cm³/mol. The van der Waals surface area contributed by atoms with Gasteiger partial charge >= 0.3 is 5.97 Å². The number of nitrogen functional groups attached to an aromatic ring is 1. The number of nitrogens with zero attached hydrogens (tertiary/aromatic N) is 4. The van der Waals surface area contributed by atoms with Gasteiger partial charge in [-0.15, -0.1) is 0 Å². The van der Waals surface area contributed by atoms with Crippen LogP contribution in [0.1, 0.15) is 21.0 Å². The standard InChI is InChI=1S/C11H13ClN2O3.C10H13ClN4O2.H4N2.H2O/c1-16-11(15)9-6-8(12)7-10(13-9)14-2-4-17-5-3-14;11-7-5-8(10(16)14-12)13-9(6-7)15-1-3-17-4-2-15;1-2;/h6-7H,2-5H2,1H3;5-6H,1-4,12H2,(H,14,16);1-2H2;1H2. The number of hydrogen-bond acceptors (Lipinski definition) is 12. The molecule has 0 bridgehead atoms. The summed E-state index contributed by atoms with van der Waals surface area (Å²) in [6, 6.07) is 6.44. The number of amides is 1. The SMILES string of the molecule is COC(=O)c1cc(Cl)cc(N2CCOCC2)n1.NN.NNC(=O)c1cc(Cl)cc(N2CCOCC2)n1.O. The van der Waals surface area contributed by atoms with Crippen LogP contribution in [0.4, 0.5) is 11.6 Å². The first-order valence-electron chi connectivity index (χ1n) is 10.8. The monoisotopic (exact) mass is 562 g/mol. The second kappa shape index (κ2) is 16.8. The van der Waals surface area contributed by atoms with Gasteiger partial charge in [-0.05, 0) is 24.3 Å². The Bertz CT molecular complexity index is 928. The van der Waals surface area contributed by atoms with E-state index in [9.17, 15) is 9.59 Å². The highest BCUT2D eigenvalue weighted by Gasteiger charge is 2.17. The van der Waals surface area contributed by atoms with Crippen molar-refractivity contribution in [2.75, 3.05) is 69.5 Å². The van der Waals surface area contributed by atoms with Gasteiger partial charge in [0.1, 0.15) is 17.3 Å². The summed E-state index contributed by atoms with van der Waals surface area (Å²) in [7, 11) is 1.32. The van der Waals surface area contributed by atoms with Crippen LogP contribution in [-0.4, -0.2) is 87.0 Å². The fourth-order valence-electron chi connectivity index (χ4n) is 3.28. The van der Waals surface area contributed by atoms with Gasteiger partial charge in [-0.3, -0.25) is 21.9 Å². The Hall–Kier alpha value is -2.82. The van der Waals surface area contributed by atoms with E-state index in [1.165, 1.54) is 19.2 Å². The lowest BCUT2D eigenvalue weighted by molar-refractivity contribution is 0.0594. The molecular weight excluding hydrogens is 531 g/mol. The minimum Gasteiger partial charge on any atom is -0.464 e. The number of aromatic nitrogens is 2. The van der Waals surface area contributed by atoms with E-state index in [4.69, 9.17) is 38.5 Å². The van der Waals surface area contributed by atoms with Gasteiger partial charge in [-0.2, -0.15) is 0 Å². The lowest BCUT2D eigenvalue weighted by Crippen LogP contribution is -2.37. The van der Waals surface area contributed by atoms with Crippen LogP contribution in [0.25, 0.3) is 0 Å². The van der Waals surface area contributed by atoms with E-state index < -0.39 is 11.9 Å². The molecule has 14 nitrogen and oxygen atoms in total. The number of ether oxygens (including phenoxy) is 3. The molecule has 206 valence electrons. The fraction of sp³-hybridized carbons (Fsp3) is 0.429. The summed E-state index contributed by atoms with van der Waals surface area (Å²) in [5.74, 6) is 13.5. The van der Waals surface area contributed by atoms with Gasteiger partial charge in [-0.1, -0.05) is 23.2 Å². The van der Waals surface area contributed by atoms with Crippen molar-refractivity contribution in [1.29, 1.82) is 0 Å². The first-order valence-corrected chi connectivity index (χ1v) is 11.6. The van der Waals surface area contributed by atoms with Crippen molar-refractivity contribution in [2.24, 2.45) is 17.5 Å². The number of anilines is 2. The number of pyridine rings is 2. The summed E-state index contributed by atoms with van der Waals surface area (Å²) in [6.45, 7) is 5.55. The molecule has 0 aliphatic carbocycles. The maximum Gasteiger partial charge on any atom is 0.356 e. The molecule has 4 rings (SSSR count). The maximum absolute atomic E-state index is 11.4. The minimum absolute atomic E-state index is 0. The number of hydrogen-bond donors (Lipinski definition) is 4. The highest BCUT2D eigenvalue weighted by molar-refractivity contribution is 6.31. The number of hydrazine groups is 2. The molecule has 2 aliphatic heterocycles. The number of carbonyl (C=O) groups is 2. The van der Waals surface area contributed by atoms with Crippen molar-refractivity contribution >= 4 is 46.7 Å². The Balaban J connectivity index is 0.000000338. The van der Waals surface area contributed by atoms with Crippen molar-refractivity contribution in [3.05, 3.63) is 45.7 Å². The summed E-state index contributed by atoms with van der Waals surface area (Å²) < 4.78 is 15.1. The van der Waals surface area contributed by atoms with Gasteiger partial charge in [0.05, 0.1) is 33.5 Å². The Labute approximate surface area is 224 Å². The predicted octanol–water partition coefficient (Wildman–Crippen LogP) is -0.473. The molecule has 37 heavy (non-hydrogen) atoms. The van der Waals surface area contributed by atoms with Crippen LogP contribution in [0, 0.1) is 0 Å². The molecule has 0 radical (unpaired) electrons. The zero-order chi connectivity index (χ0) is 26.5. The molecule has 2 aromatic heterocycles. The van der Waals surface area contributed by atoms with Crippen LogP contribution in [0.3, 0.4) is 0 Å². The van der Waals surface area contributed by atoms with Crippen LogP contribution in [0.5, 0.6) is 0 Å². The van der Waals surface area contributed by atoms with Crippen molar-refractivity contribution in [1.82, 2.24) is 15.4 Å². The normalized spacial score (nSPS) is 14.6. The number of halogens is 2. The smallest absolute Gasteiger partial charge is 0.356 e. The summed E-state index contributed by atoms with van der Waals surface area (Å²) >= 11 is 11.9. The van der Waals surface area contributed by atoms with E-state index in [0.29, 0.717) is 48.1 Å². The molecule has 2 fully saturated rings. The van der Waals surface area contributed by atoms with Gasteiger partial charge in [-0.25, -0.2) is 20.6 Å². The molecule has 2 aliphatic rings. The Morgan fingerprint density at radius 3 is 1.68 bits per heavy atom. The lowest BCUT2D eigenvalue weighted by Gasteiger charge is -2.28. The van der Waals surface area contributed by atoms with Crippen LogP contribution in [-0.2, 0) is 14.2 Å². The molecule has 0 spiro atoms. The number of nitrogens with two attached hydrogens (primary N) is 3. The molecule has 0 saturated carbocycles. The average Bonchev–Trinajstić information content (AvgIpc) is 2.94. The largest absolute Gasteiger partial charge is 0.464 e. The van der Waals surface area contributed by atoms with Crippen molar-refractivity contribution in [2.45, 2.75) is 0 Å².